The summed E-state index contributed by atoms with van der Waals surface area (Å²) < 4.78 is 5.95. The largest absolute Gasteiger partial charge is 0.378 e. The first-order valence-electron chi connectivity index (χ1n) is 8.58. The number of nitrogens with zero attached hydrogens (tertiary/aromatic N) is 1. The van der Waals surface area contributed by atoms with Crippen LogP contribution in [-0.4, -0.2) is 28.7 Å². The molecule has 2 N–H and O–H groups in total. The zero-order valence-electron chi connectivity index (χ0n) is 13.8. The van der Waals surface area contributed by atoms with Gasteiger partial charge in [0.2, 0.25) is 5.95 Å². The Balaban J connectivity index is 1.75. The second-order valence-electron chi connectivity index (χ2n) is 6.28. The van der Waals surface area contributed by atoms with Crippen molar-refractivity contribution in [1.29, 1.82) is 0 Å². The first-order valence-corrected chi connectivity index (χ1v) is 8.58. The van der Waals surface area contributed by atoms with Crippen LogP contribution in [0.4, 0.5) is 5.95 Å². The lowest BCUT2D eigenvalue weighted by molar-refractivity contribution is -0.0271. The molecule has 0 spiro atoms. The van der Waals surface area contributed by atoms with E-state index >= 15 is 0 Å². The number of anilines is 1. The molecular weight excluding hydrogens is 290 g/mol. The van der Waals surface area contributed by atoms with Crippen molar-refractivity contribution in [2.24, 2.45) is 5.92 Å². The SMILES string of the molecule is CCC(CC)C1CC(Nc2nc3ccccc3c(=O)[nH]2)CCO1. The first kappa shape index (κ1) is 16.0. The van der Waals surface area contributed by atoms with E-state index in [1.165, 1.54) is 0 Å². The molecular formula is C18H25N3O2. The maximum absolute atomic E-state index is 12.1. The van der Waals surface area contributed by atoms with Crippen LogP contribution in [0.25, 0.3) is 10.9 Å². The van der Waals surface area contributed by atoms with Crippen molar-refractivity contribution in [1.82, 2.24) is 9.97 Å². The summed E-state index contributed by atoms with van der Waals surface area (Å²) in [6, 6.07) is 7.70. The highest BCUT2D eigenvalue weighted by molar-refractivity contribution is 5.78. The standard InChI is InChI=1S/C18H25N3O2/c1-3-12(4-2)16-11-13(9-10-23-16)19-18-20-15-8-6-5-7-14(15)17(22)21-18/h5-8,12-13,16H,3-4,9-11H2,1-2H3,(H2,19,20,21,22). The molecule has 2 atom stereocenters. The Morgan fingerprint density at radius 1 is 1.35 bits per heavy atom. The minimum atomic E-state index is -0.0956. The highest BCUT2D eigenvalue weighted by Crippen LogP contribution is 2.26. The van der Waals surface area contributed by atoms with Crippen LogP contribution in [0.3, 0.4) is 0 Å². The number of hydrogen-bond donors (Lipinski definition) is 2. The third-order valence-electron chi connectivity index (χ3n) is 4.84. The molecule has 1 saturated heterocycles. The van der Waals surface area contributed by atoms with Crippen molar-refractivity contribution in [2.75, 3.05) is 11.9 Å². The number of ether oxygens (including phenoxy) is 1. The number of fused-ring (bicyclic) bond motifs is 1. The van der Waals surface area contributed by atoms with Crippen molar-refractivity contribution in [3.8, 4) is 0 Å². The van der Waals surface area contributed by atoms with Crippen LogP contribution in [0, 0.1) is 5.92 Å². The summed E-state index contributed by atoms with van der Waals surface area (Å²) in [6.07, 6.45) is 4.47. The number of benzene rings is 1. The van der Waals surface area contributed by atoms with Crippen LogP contribution >= 0.6 is 0 Å². The number of rotatable bonds is 5. The number of nitrogens with one attached hydrogen (secondary N) is 2. The molecule has 23 heavy (non-hydrogen) atoms. The van der Waals surface area contributed by atoms with Gasteiger partial charge in [0.05, 0.1) is 17.0 Å². The topological polar surface area (TPSA) is 67.0 Å². The summed E-state index contributed by atoms with van der Waals surface area (Å²) >= 11 is 0. The summed E-state index contributed by atoms with van der Waals surface area (Å²) in [5, 5.41) is 4.03. The highest BCUT2D eigenvalue weighted by Gasteiger charge is 2.27. The van der Waals surface area contributed by atoms with Crippen LogP contribution in [-0.2, 0) is 4.74 Å². The van der Waals surface area contributed by atoms with Gasteiger partial charge in [0, 0.05) is 12.6 Å². The number of H-pyrrole nitrogens is 1. The minimum Gasteiger partial charge on any atom is -0.378 e. The van der Waals surface area contributed by atoms with E-state index < -0.39 is 0 Å². The summed E-state index contributed by atoms with van der Waals surface area (Å²) in [5.41, 5.74) is 0.629. The molecule has 0 saturated carbocycles. The Morgan fingerprint density at radius 3 is 2.91 bits per heavy atom. The van der Waals surface area contributed by atoms with E-state index in [-0.39, 0.29) is 5.56 Å². The Bertz CT molecular complexity index is 709. The van der Waals surface area contributed by atoms with Crippen molar-refractivity contribution in [2.45, 2.75) is 51.7 Å². The van der Waals surface area contributed by atoms with Crippen LogP contribution in [0.5, 0.6) is 0 Å². The third kappa shape index (κ3) is 3.55. The average Bonchev–Trinajstić information content (AvgIpc) is 2.56. The van der Waals surface area contributed by atoms with Gasteiger partial charge in [0.25, 0.3) is 5.56 Å². The first-order chi connectivity index (χ1) is 11.2. The molecule has 1 aliphatic heterocycles. The Morgan fingerprint density at radius 2 is 2.13 bits per heavy atom. The van der Waals surface area contributed by atoms with Gasteiger partial charge in [0.1, 0.15) is 0 Å². The molecule has 1 aromatic carbocycles. The van der Waals surface area contributed by atoms with Gasteiger partial charge in [-0.25, -0.2) is 4.98 Å². The normalized spacial score (nSPS) is 21.7. The zero-order valence-corrected chi connectivity index (χ0v) is 13.8. The van der Waals surface area contributed by atoms with Gasteiger partial charge in [-0.05, 0) is 30.9 Å². The summed E-state index contributed by atoms with van der Waals surface area (Å²) in [4.78, 5) is 19.5. The number of para-hydroxylation sites is 1. The molecule has 0 bridgehead atoms. The monoisotopic (exact) mass is 315 g/mol. The second kappa shape index (κ2) is 7.13. The smallest absolute Gasteiger partial charge is 0.260 e. The lowest BCUT2D eigenvalue weighted by Gasteiger charge is -2.34. The van der Waals surface area contributed by atoms with Crippen molar-refractivity contribution in [3.05, 3.63) is 34.6 Å². The number of hydrogen-bond acceptors (Lipinski definition) is 4. The molecule has 2 aromatic rings. The fraction of sp³-hybridized carbons (Fsp3) is 0.556. The summed E-state index contributed by atoms with van der Waals surface area (Å²) in [5.74, 6) is 1.16. The quantitative estimate of drug-likeness (QED) is 0.888. The third-order valence-corrected chi connectivity index (χ3v) is 4.84. The fourth-order valence-electron chi connectivity index (χ4n) is 3.45. The maximum atomic E-state index is 12.1. The molecule has 124 valence electrons. The lowest BCUT2D eigenvalue weighted by Crippen LogP contribution is -2.38. The van der Waals surface area contributed by atoms with Crippen molar-refractivity contribution in [3.63, 3.8) is 0 Å². The van der Waals surface area contributed by atoms with E-state index in [2.05, 4.69) is 29.1 Å². The zero-order chi connectivity index (χ0) is 16.2. The van der Waals surface area contributed by atoms with Gasteiger partial charge in [-0.3, -0.25) is 9.78 Å². The molecule has 2 unspecified atom stereocenters. The minimum absolute atomic E-state index is 0.0956. The molecule has 2 heterocycles. The highest BCUT2D eigenvalue weighted by atomic mass is 16.5. The Hall–Kier alpha value is -1.88. The maximum Gasteiger partial charge on any atom is 0.260 e. The Kier molecular flexibility index (Phi) is 4.96. The molecule has 0 aliphatic carbocycles. The van der Waals surface area contributed by atoms with Gasteiger partial charge < -0.3 is 10.1 Å². The van der Waals surface area contributed by atoms with E-state index in [1.807, 2.05) is 18.2 Å². The molecule has 5 heteroatoms. The molecule has 0 radical (unpaired) electrons. The van der Waals surface area contributed by atoms with Gasteiger partial charge in [-0.2, -0.15) is 0 Å². The molecule has 1 fully saturated rings. The van der Waals surface area contributed by atoms with E-state index in [1.54, 1.807) is 6.07 Å². The van der Waals surface area contributed by atoms with E-state index in [0.29, 0.717) is 29.4 Å². The predicted octanol–water partition coefficient (Wildman–Crippen LogP) is 3.32. The van der Waals surface area contributed by atoms with Crippen LogP contribution in [0.15, 0.2) is 29.1 Å². The van der Waals surface area contributed by atoms with Crippen LogP contribution in [0.1, 0.15) is 39.5 Å². The fourth-order valence-corrected chi connectivity index (χ4v) is 3.45. The van der Waals surface area contributed by atoms with Gasteiger partial charge in [-0.15, -0.1) is 0 Å². The molecule has 0 amide bonds. The van der Waals surface area contributed by atoms with Crippen LogP contribution in [0.2, 0.25) is 0 Å². The van der Waals surface area contributed by atoms with E-state index in [0.717, 1.165) is 37.8 Å². The second-order valence-corrected chi connectivity index (χ2v) is 6.28. The summed E-state index contributed by atoms with van der Waals surface area (Å²) in [6.45, 7) is 5.20. The van der Waals surface area contributed by atoms with Gasteiger partial charge in [-0.1, -0.05) is 38.8 Å². The summed E-state index contributed by atoms with van der Waals surface area (Å²) in [7, 11) is 0. The number of aromatic nitrogens is 2. The van der Waals surface area contributed by atoms with Gasteiger partial charge in [0.15, 0.2) is 0 Å². The Labute approximate surface area is 136 Å². The van der Waals surface area contributed by atoms with E-state index in [9.17, 15) is 4.79 Å². The lowest BCUT2D eigenvalue weighted by atomic mass is 9.89. The molecule has 5 nitrogen and oxygen atoms in total. The molecule has 1 aromatic heterocycles. The van der Waals surface area contributed by atoms with Crippen LogP contribution < -0.4 is 10.9 Å². The molecule has 3 rings (SSSR count). The number of aromatic amines is 1. The van der Waals surface area contributed by atoms with Gasteiger partial charge >= 0.3 is 0 Å². The average molecular weight is 315 g/mol. The van der Waals surface area contributed by atoms with Crippen molar-refractivity contribution < 1.29 is 4.74 Å². The van der Waals surface area contributed by atoms with Crippen molar-refractivity contribution >= 4 is 16.9 Å². The predicted molar refractivity (Wildman–Crippen MR) is 92.8 cm³/mol. The molecule has 1 aliphatic rings. The van der Waals surface area contributed by atoms with E-state index in [4.69, 9.17) is 4.74 Å².